The first kappa shape index (κ1) is 12.1. The molecule has 0 radical (unpaired) electrons. The number of hydrogen-bond acceptors (Lipinski definition) is 4. The molecule has 1 amide bonds. The van der Waals surface area contributed by atoms with Crippen molar-refractivity contribution in [3.63, 3.8) is 0 Å². The number of aromatic nitrogens is 3. The van der Waals surface area contributed by atoms with Crippen molar-refractivity contribution in [1.82, 2.24) is 15.2 Å². The standard InChI is InChI=1S/C10H8FN5OS/c11-5-1-2-7(13-3-5)10(17)15-9-6(8(12)18)4-14-16-9/h1-4H,(H2,12,18)(H2,14,15,16,17). The van der Waals surface area contributed by atoms with Crippen molar-refractivity contribution >= 4 is 28.9 Å². The van der Waals surface area contributed by atoms with Gasteiger partial charge in [0, 0.05) is 0 Å². The molecule has 6 nitrogen and oxygen atoms in total. The van der Waals surface area contributed by atoms with Crippen LogP contribution in [0.3, 0.4) is 0 Å². The summed E-state index contributed by atoms with van der Waals surface area (Å²) in [6, 6.07) is 2.41. The van der Waals surface area contributed by atoms with Crippen LogP contribution in [0.2, 0.25) is 0 Å². The molecule has 2 heterocycles. The largest absolute Gasteiger partial charge is 0.389 e. The molecular weight excluding hydrogens is 257 g/mol. The van der Waals surface area contributed by atoms with E-state index in [9.17, 15) is 9.18 Å². The normalized spacial score (nSPS) is 10.1. The number of aromatic amines is 1. The summed E-state index contributed by atoms with van der Waals surface area (Å²) in [7, 11) is 0. The van der Waals surface area contributed by atoms with Crippen LogP contribution in [-0.4, -0.2) is 26.1 Å². The molecule has 2 aromatic rings. The lowest BCUT2D eigenvalue weighted by Gasteiger charge is -2.04. The fourth-order valence-electron chi connectivity index (χ4n) is 1.26. The monoisotopic (exact) mass is 265 g/mol. The number of amides is 1. The number of nitrogens with zero attached hydrogens (tertiary/aromatic N) is 2. The summed E-state index contributed by atoms with van der Waals surface area (Å²) in [5.41, 5.74) is 5.93. The van der Waals surface area contributed by atoms with E-state index in [0.29, 0.717) is 5.56 Å². The van der Waals surface area contributed by atoms with Crippen molar-refractivity contribution in [2.45, 2.75) is 0 Å². The topological polar surface area (TPSA) is 96.7 Å². The van der Waals surface area contributed by atoms with Gasteiger partial charge < -0.3 is 11.1 Å². The summed E-state index contributed by atoms with van der Waals surface area (Å²) < 4.78 is 12.7. The van der Waals surface area contributed by atoms with Crippen molar-refractivity contribution in [1.29, 1.82) is 0 Å². The third-order valence-corrected chi connectivity index (χ3v) is 2.32. The minimum atomic E-state index is -0.517. The number of carbonyl (C=O) groups is 1. The van der Waals surface area contributed by atoms with Crippen LogP contribution in [0.5, 0.6) is 0 Å². The average molecular weight is 265 g/mol. The zero-order valence-corrected chi connectivity index (χ0v) is 9.79. The lowest BCUT2D eigenvalue weighted by molar-refractivity contribution is 0.102. The van der Waals surface area contributed by atoms with Crippen LogP contribution in [-0.2, 0) is 0 Å². The number of nitrogens with one attached hydrogen (secondary N) is 2. The molecule has 0 aliphatic rings. The molecule has 0 bridgehead atoms. The Kier molecular flexibility index (Phi) is 3.28. The molecule has 0 aliphatic carbocycles. The number of pyridine rings is 1. The molecule has 0 fully saturated rings. The summed E-state index contributed by atoms with van der Waals surface area (Å²) in [4.78, 5) is 15.5. The van der Waals surface area contributed by atoms with Crippen LogP contribution in [0.4, 0.5) is 10.2 Å². The zero-order valence-electron chi connectivity index (χ0n) is 8.98. The minimum absolute atomic E-state index is 0.0693. The molecule has 0 aliphatic heterocycles. The maximum absolute atomic E-state index is 12.7. The fourth-order valence-corrected chi connectivity index (χ4v) is 1.41. The van der Waals surface area contributed by atoms with Crippen LogP contribution in [0, 0.1) is 5.82 Å². The van der Waals surface area contributed by atoms with Crippen molar-refractivity contribution in [3.8, 4) is 0 Å². The fraction of sp³-hybridized carbons (Fsp3) is 0. The highest BCUT2D eigenvalue weighted by atomic mass is 32.1. The van der Waals surface area contributed by atoms with Gasteiger partial charge in [-0.2, -0.15) is 5.10 Å². The number of halogens is 1. The summed E-state index contributed by atoms with van der Waals surface area (Å²) in [6.07, 6.45) is 2.35. The van der Waals surface area contributed by atoms with Gasteiger partial charge in [-0.3, -0.25) is 9.89 Å². The van der Waals surface area contributed by atoms with Gasteiger partial charge in [0.2, 0.25) is 0 Å². The zero-order chi connectivity index (χ0) is 13.1. The first-order valence-electron chi connectivity index (χ1n) is 4.84. The molecule has 8 heteroatoms. The molecule has 0 atom stereocenters. The molecule has 92 valence electrons. The molecule has 0 saturated carbocycles. The predicted octanol–water partition coefficient (Wildman–Crippen LogP) is 0.830. The Morgan fingerprint density at radius 2 is 2.22 bits per heavy atom. The van der Waals surface area contributed by atoms with Gasteiger partial charge in [0.15, 0.2) is 0 Å². The first-order chi connectivity index (χ1) is 8.58. The molecule has 0 spiro atoms. The summed E-state index contributed by atoms with van der Waals surface area (Å²) in [6.45, 7) is 0. The van der Waals surface area contributed by atoms with Gasteiger partial charge >= 0.3 is 0 Å². The highest BCUT2D eigenvalue weighted by molar-refractivity contribution is 7.80. The highest BCUT2D eigenvalue weighted by Gasteiger charge is 2.13. The average Bonchev–Trinajstić information content (AvgIpc) is 2.78. The number of nitrogens with two attached hydrogens (primary N) is 1. The Bertz CT molecular complexity index is 595. The van der Waals surface area contributed by atoms with Crippen LogP contribution in [0.25, 0.3) is 0 Å². The van der Waals surface area contributed by atoms with E-state index in [-0.39, 0.29) is 16.5 Å². The maximum atomic E-state index is 12.7. The van der Waals surface area contributed by atoms with E-state index in [1.165, 1.54) is 12.3 Å². The number of thiocarbonyl (C=S) groups is 1. The van der Waals surface area contributed by atoms with Gasteiger partial charge in [-0.15, -0.1) is 0 Å². The second kappa shape index (κ2) is 4.88. The summed E-state index contributed by atoms with van der Waals surface area (Å²) in [5, 5.41) is 8.76. The van der Waals surface area contributed by atoms with Crippen molar-refractivity contribution in [2.24, 2.45) is 5.73 Å². The molecule has 2 aromatic heterocycles. The molecule has 2 rings (SSSR count). The second-order valence-corrected chi connectivity index (χ2v) is 3.78. The lowest BCUT2D eigenvalue weighted by atomic mass is 10.3. The molecular formula is C10H8FN5OS. The first-order valence-corrected chi connectivity index (χ1v) is 5.25. The molecule has 0 aromatic carbocycles. The Balaban J connectivity index is 2.19. The van der Waals surface area contributed by atoms with Crippen molar-refractivity contribution in [3.05, 3.63) is 41.6 Å². The quantitative estimate of drug-likeness (QED) is 0.714. The molecule has 0 unspecified atom stereocenters. The van der Waals surface area contributed by atoms with Crippen molar-refractivity contribution in [2.75, 3.05) is 5.32 Å². The van der Waals surface area contributed by atoms with Gasteiger partial charge in [-0.1, -0.05) is 12.2 Å². The van der Waals surface area contributed by atoms with E-state index in [4.69, 9.17) is 18.0 Å². The van der Waals surface area contributed by atoms with Gasteiger partial charge in [0.1, 0.15) is 22.3 Å². The Hall–Kier alpha value is -2.35. The molecule has 4 N–H and O–H groups in total. The van der Waals surface area contributed by atoms with Gasteiger partial charge in [-0.05, 0) is 12.1 Å². The van der Waals surface area contributed by atoms with E-state index in [2.05, 4.69) is 20.5 Å². The van der Waals surface area contributed by atoms with E-state index in [1.54, 1.807) is 0 Å². The Labute approximate surface area is 106 Å². The van der Waals surface area contributed by atoms with Crippen LogP contribution < -0.4 is 11.1 Å². The maximum Gasteiger partial charge on any atom is 0.275 e. The number of anilines is 1. The second-order valence-electron chi connectivity index (χ2n) is 3.34. The molecule has 18 heavy (non-hydrogen) atoms. The van der Waals surface area contributed by atoms with E-state index >= 15 is 0 Å². The van der Waals surface area contributed by atoms with E-state index < -0.39 is 11.7 Å². The number of rotatable bonds is 3. The summed E-state index contributed by atoms with van der Waals surface area (Å²) in [5.74, 6) is -0.757. The van der Waals surface area contributed by atoms with Crippen LogP contribution in [0.1, 0.15) is 16.1 Å². The van der Waals surface area contributed by atoms with Gasteiger partial charge in [0.05, 0.1) is 18.0 Å². The number of H-pyrrole nitrogens is 1. The van der Waals surface area contributed by atoms with E-state index in [1.807, 2.05) is 0 Å². The third kappa shape index (κ3) is 2.48. The minimum Gasteiger partial charge on any atom is -0.389 e. The van der Waals surface area contributed by atoms with Crippen LogP contribution >= 0.6 is 12.2 Å². The number of carbonyl (C=O) groups excluding carboxylic acids is 1. The third-order valence-electron chi connectivity index (χ3n) is 2.10. The highest BCUT2D eigenvalue weighted by Crippen LogP contribution is 2.11. The summed E-state index contributed by atoms with van der Waals surface area (Å²) >= 11 is 4.79. The van der Waals surface area contributed by atoms with Gasteiger partial charge in [-0.25, -0.2) is 9.37 Å². The Morgan fingerprint density at radius 1 is 1.44 bits per heavy atom. The Morgan fingerprint density at radius 3 is 2.83 bits per heavy atom. The molecule has 0 saturated heterocycles. The predicted molar refractivity (Wildman–Crippen MR) is 66.6 cm³/mol. The van der Waals surface area contributed by atoms with Crippen LogP contribution in [0.15, 0.2) is 24.5 Å². The SMILES string of the molecule is NC(=S)c1cn[nH]c1NC(=O)c1ccc(F)cn1. The number of hydrogen-bond donors (Lipinski definition) is 3. The van der Waals surface area contributed by atoms with Crippen molar-refractivity contribution < 1.29 is 9.18 Å². The smallest absolute Gasteiger partial charge is 0.275 e. The van der Waals surface area contributed by atoms with E-state index in [0.717, 1.165) is 12.3 Å². The van der Waals surface area contributed by atoms with Gasteiger partial charge in [0.25, 0.3) is 5.91 Å². The lowest BCUT2D eigenvalue weighted by Crippen LogP contribution is -2.17.